The van der Waals surface area contributed by atoms with E-state index < -0.39 is 5.97 Å². The molecule has 0 bridgehead atoms. The van der Waals surface area contributed by atoms with Crippen molar-refractivity contribution in [2.45, 2.75) is 38.3 Å². The van der Waals surface area contributed by atoms with Gasteiger partial charge in [-0.1, -0.05) is 23.7 Å². The van der Waals surface area contributed by atoms with E-state index in [2.05, 4.69) is 22.6 Å². The van der Waals surface area contributed by atoms with Crippen LogP contribution in [0.2, 0.25) is 5.02 Å². The Balaban J connectivity index is 1.36. The first-order chi connectivity index (χ1) is 13.0. The van der Waals surface area contributed by atoms with E-state index in [1.807, 2.05) is 0 Å². The number of carboxylic acids is 1. The minimum Gasteiger partial charge on any atom is -0.476 e. The number of nitrogens with one attached hydrogen (secondary N) is 1. The monoisotopic (exact) mass is 388 g/mol. The highest BCUT2D eigenvalue weighted by Gasteiger charge is 2.59. The van der Waals surface area contributed by atoms with Gasteiger partial charge < -0.3 is 10.4 Å². The van der Waals surface area contributed by atoms with Crippen molar-refractivity contribution < 1.29 is 14.7 Å². The number of benzene rings is 1. The van der Waals surface area contributed by atoms with Crippen LogP contribution in [0.5, 0.6) is 0 Å². The van der Waals surface area contributed by atoms with Gasteiger partial charge in [0.05, 0.1) is 12.2 Å². The molecule has 0 radical (unpaired) electrons. The molecule has 0 saturated heterocycles. The van der Waals surface area contributed by atoms with Gasteiger partial charge in [0.1, 0.15) is 0 Å². The third kappa shape index (κ3) is 3.43. The van der Waals surface area contributed by atoms with E-state index in [-0.39, 0.29) is 23.7 Å². The number of aromatic carboxylic acids is 1. The molecule has 1 amide bonds. The summed E-state index contributed by atoms with van der Waals surface area (Å²) in [7, 11) is 0. The van der Waals surface area contributed by atoms with Crippen molar-refractivity contribution in [2.75, 3.05) is 0 Å². The Hall–Kier alpha value is -2.41. The number of nitrogens with zero attached hydrogens (tertiary/aromatic N) is 3. The zero-order valence-electron chi connectivity index (χ0n) is 14.9. The van der Waals surface area contributed by atoms with Crippen LogP contribution in [-0.4, -0.2) is 38.0 Å². The molecule has 8 heteroatoms. The summed E-state index contributed by atoms with van der Waals surface area (Å²) in [6, 6.07) is 7.25. The van der Waals surface area contributed by atoms with E-state index >= 15 is 0 Å². The van der Waals surface area contributed by atoms with Gasteiger partial charge in [-0.25, -0.2) is 9.48 Å². The van der Waals surface area contributed by atoms with Crippen molar-refractivity contribution in [3.8, 4) is 0 Å². The molecule has 1 heterocycles. The summed E-state index contributed by atoms with van der Waals surface area (Å²) in [6.45, 7) is 2.09. The molecule has 2 fully saturated rings. The molecule has 2 N–H and O–H groups in total. The van der Waals surface area contributed by atoms with E-state index in [0.717, 1.165) is 19.3 Å². The van der Waals surface area contributed by atoms with E-state index in [1.54, 1.807) is 28.9 Å². The fourth-order valence-electron chi connectivity index (χ4n) is 4.55. The summed E-state index contributed by atoms with van der Waals surface area (Å²) >= 11 is 5.88. The number of carbonyl (C=O) groups is 2. The van der Waals surface area contributed by atoms with Crippen LogP contribution in [0.1, 0.15) is 53.1 Å². The SMILES string of the molecule is CC[C@@H](NC(=O)c1ccc(Cl)cc1)C1C2CC(n3cc(C(=O)O)nn3)CC21. The molecular formula is C19H21ClN4O3. The number of aromatic nitrogens is 3. The summed E-state index contributed by atoms with van der Waals surface area (Å²) in [6.07, 6.45) is 4.29. The number of hydrogen-bond donors (Lipinski definition) is 2. The Morgan fingerprint density at radius 1 is 1.30 bits per heavy atom. The third-order valence-corrected chi connectivity index (χ3v) is 6.17. The largest absolute Gasteiger partial charge is 0.476 e. The molecule has 2 saturated carbocycles. The maximum absolute atomic E-state index is 12.5. The van der Waals surface area contributed by atoms with Crippen LogP contribution in [0.15, 0.2) is 30.5 Å². The highest BCUT2D eigenvalue weighted by atomic mass is 35.5. The third-order valence-electron chi connectivity index (χ3n) is 5.92. The van der Waals surface area contributed by atoms with Crippen LogP contribution in [0.3, 0.4) is 0 Å². The fourth-order valence-corrected chi connectivity index (χ4v) is 4.68. The zero-order valence-corrected chi connectivity index (χ0v) is 15.6. The second kappa shape index (κ2) is 6.96. The fraction of sp³-hybridized carbons (Fsp3) is 0.474. The predicted octanol–water partition coefficient (Wildman–Crippen LogP) is 3.04. The smallest absolute Gasteiger partial charge is 0.358 e. The lowest BCUT2D eigenvalue weighted by atomic mass is 9.99. The second-order valence-corrected chi connectivity index (χ2v) is 7.85. The number of rotatable bonds is 6. The van der Waals surface area contributed by atoms with Gasteiger partial charge in [-0.15, -0.1) is 5.10 Å². The Kier molecular flexibility index (Phi) is 4.63. The van der Waals surface area contributed by atoms with Crippen LogP contribution in [0.4, 0.5) is 0 Å². The van der Waals surface area contributed by atoms with Crippen LogP contribution in [-0.2, 0) is 0 Å². The zero-order chi connectivity index (χ0) is 19.1. The van der Waals surface area contributed by atoms with Gasteiger partial charge in [-0.2, -0.15) is 0 Å². The van der Waals surface area contributed by atoms with Crippen molar-refractivity contribution in [1.29, 1.82) is 0 Å². The quantitative estimate of drug-likeness (QED) is 0.792. The summed E-state index contributed by atoms with van der Waals surface area (Å²) in [4.78, 5) is 23.5. The lowest BCUT2D eigenvalue weighted by Gasteiger charge is -2.21. The van der Waals surface area contributed by atoms with Gasteiger partial charge in [-0.05, 0) is 61.3 Å². The first-order valence-corrected chi connectivity index (χ1v) is 9.57. The second-order valence-electron chi connectivity index (χ2n) is 7.41. The lowest BCUT2D eigenvalue weighted by Crippen LogP contribution is -2.37. The van der Waals surface area contributed by atoms with E-state index in [0.29, 0.717) is 28.3 Å². The van der Waals surface area contributed by atoms with Crippen molar-refractivity contribution in [3.63, 3.8) is 0 Å². The number of amides is 1. The average Bonchev–Trinajstić information content (AvgIpc) is 3.05. The molecule has 4 rings (SSSR count). The number of fused-ring (bicyclic) bond motifs is 1. The first-order valence-electron chi connectivity index (χ1n) is 9.19. The summed E-state index contributed by atoms with van der Waals surface area (Å²) < 4.78 is 1.68. The topological polar surface area (TPSA) is 97.1 Å². The van der Waals surface area contributed by atoms with Gasteiger partial charge in [-0.3, -0.25) is 4.79 Å². The highest BCUT2D eigenvalue weighted by molar-refractivity contribution is 6.30. The summed E-state index contributed by atoms with van der Waals surface area (Å²) in [5.41, 5.74) is 0.596. The first kappa shape index (κ1) is 18.0. The predicted molar refractivity (Wildman–Crippen MR) is 98.7 cm³/mol. The van der Waals surface area contributed by atoms with Gasteiger partial charge in [0, 0.05) is 16.6 Å². The summed E-state index contributed by atoms with van der Waals surface area (Å²) in [5.74, 6) is 0.441. The highest BCUT2D eigenvalue weighted by Crippen LogP contribution is 2.62. The van der Waals surface area contributed by atoms with Crippen LogP contribution in [0.25, 0.3) is 0 Å². The van der Waals surface area contributed by atoms with E-state index in [1.165, 1.54) is 6.20 Å². The Morgan fingerprint density at radius 2 is 1.96 bits per heavy atom. The summed E-state index contributed by atoms with van der Waals surface area (Å²) in [5, 5.41) is 20.4. The van der Waals surface area contributed by atoms with Gasteiger partial charge in [0.2, 0.25) is 0 Å². The molecule has 2 aliphatic carbocycles. The molecule has 7 nitrogen and oxygen atoms in total. The maximum Gasteiger partial charge on any atom is 0.358 e. The number of halogens is 1. The van der Waals surface area contributed by atoms with Crippen molar-refractivity contribution in [1.82, 2.24) is 20.3 Å². The normalized spacial score (nSPS) is 27.0. The molecule has 2 aromatic rings. The van der Waals surface area contributed by atoms with E-state index in [9.17, 15) is 9.59 Å². The molecule has 27 heavy (non-hydrogen) atoms. The molecule has 0 aliphatic heterocycles. The molecule has 1 aromatic carbocycles. The van der Waals surface area contributed by atoms with Gasteiger partial charge in [0.25, 0.3) is 5.91 Å². The molecule has 142 valence electrons. The number of carbonyl (C=O) groups excluding carboxylic acids is 1. The maximum atomic E-state index is 12.5. The molecule has 3 atom stereocenters. The molecule has 2 aliphatic rings. The van der Waals surface area contributed by atoms with Crippen LogP contribution in [0, 0.1) is 17.8 Å². The molecule has 0 spiro atoms. The van der Waals surface area contributed by atoms with Gasteiger partial charge >= 0.3 is 5.97 Å². The Labute approximate surface area is 161 Å². The lowest BCUT2D eigenvalue weighted by molar-refractivity contribution is 0.0690. The van der Waals surface area contributed by atoms with Gasteiger partial charge in [0.15, 0.2) is 5.69 Å². The van der Waals surface area contributed by atoms with E-state index in [4.69, 9.17) is 16.7 Å². The van der Waals surface area contributed by atoms with Crippen LogP contribution < -0.4 is 5.32 Å². The van der Waals surface area contributed by atoms with Crippen molar-refractivity contribution in [2.24, 2.45) is 17.8 Å². The molecule has 1 aromatic heterocycles. The molecule has 2 unspecified atom stereocenters. The minimum atomic E-state index is -1.06. The van der Waals surface area contributed by atoms with Crippen molar-refractivity contribution >= 4 is 23.5 Å². The molecular weight excluding hydrogens is 368 g/mol. The minimum absolute atomic E-state index is 0.0196. The standard InChI is InChI=1S/C19H21ClN4O3/c1-2-15(21-18(25)10-3-5-11(20)6-4-10)17-13-7-12(8-14(13)17)24-9-16(19(26)27)22-23-24/h3-6,9,12-15,17H,2,7-8H2,1H3,(H,21,25)(H,26,27)/t12?,13?,14?,15-,17?/m1/s1. The Bertz CT molecular complexity index is 854. The Morgan fingerprint density at radius 3 is 2.52 bits per heavy atom. The van der Waals surface area contributed by atoms with Crippen molar-refractivity contribution in [3.05, 3.63) is 46.7 Å². The number of hydrogen-bond acceptors (Lipinski definition) is 4. The van der Waals surface area contributed by atoms with Crippen LogP contribution >= 0.6 is 11.6 Å². The average molecular weight is 389 g/mol. The number of carboxylic acid groups (broad SMARTS) is 1.